The summed E-state index contributed by atoms with van der Waals surface area (Å²) in [4.78, 5) is 13.2. The molecule has 0 unspecified atom stereocenters. The summed E-state index contributed by atoms with van der Waals surface area (Å²) in [7, 11) is -3.95. The minimum Gasteiger partial charge on any atom is -0.494 e. The molecule has 0 spiro atoms. The molecule has 174 valence electrons. The van der Waals surface area contributed by atoms with Crippen LogP contribution in [-0.2, 0) is 27.7 Å². The highest BCUT2D eigenvalue weighted by molar-refractivity contribution is 7.89. The third-order valence-corrected chi connectivity index (χ3v) is 6.75. The van der Waals surface area contributed by atoms with Gasteiger partial charge in [0.1, 0.15) is 11.8 Å². The van der Waals surface area contributed by atoms with Crippen LogP contribution in [0.3, 0.4) is 0 Å². The summed E-state index contributed by atoms with van der Waals surface area (Å²) in [6, 6.07) is 20.5. The minimum atomic E-state index is -3.95. The normalized spacial score (nSPS) is 12.2. The van der Waals surface area contributed by atoms with Crippen LogP contribution < -0.4 is 14.8 Å². The van der Waals surface area contributed by atoms with Gasteiger partial charge in [0, 0.05) is 5.69 Å². The Hall–Kier alpha value is -3.16. The van der Waals surface area contributed by atoms with E-state index in [1.807, 2.05) is 61.5 Å². The fourth-order valence-electron chi connectivity index (χ4n) is 3.45. The average molecular weight is 467 g/mol. The van der Waals surface area contributed by atoms with Gasteiger partial charge in [0.05, 0.1) is 11.5 Å². The first kappa shape index (κ1) is 24.5. The molecule has 0 radical (unpaired) electrons. The van der Waals surface area contributed by atoms with Crippen molar-refractivity contribution in [2.24, 2.45) is 0 Å². The second kappa shape index (κ2) is 11.1. The van der Waals surface area contributed by atoms with Crippen LogP contribution in [0.15, 0.2) is 77.7 Å². The van der Waals surface area contributed by atoms with Crippen molar-refractivity contribution in [1.82, 2.24) is 4.72 Å². The number of benzene rings is 3. The van der Waals surface area contributed by atoms with Crippen LogP contribution in [0.4, 0.5) is 5.69 Å². The van der Waals surface area contributed by atoms with Gasteiger partial charge < -0.3 is 10.1 Å². The number of amides is 1. The Morgan fingerprint density at radius 1 is 0.939 bits per heavy atom. The molecule has 3 rings (SSSR count). The van der Waals surface area contributed by atoms with Crippen LogP contribution in [0.1, 0.15) is 30.5 Å². The Morgan fingerprint density at radius 2 is 1.64 bits per heavy atom. The maximum Gasteiger partial charge on any atom is 0.242 e. The van der Waals surface area contributed by atoms with Gasteiger partial charge in [0.2, 0.25) is 15.9 Å². The SMILES string of the molecule is CCOc1ccc(S(=O)(=O)N[C@@H](Cc2ccccc2)C(=O)Nc2ccc(CC)cc2)cc1C. The topological polar surface area (TPSA) is 84.5 Å². The van der Waals surface area contributed by atoms with Crippen LogP contribution in [-0.4, -0.2) is 27.0 Å². The summed E-state index contributed by atoms with van der Waals surface area (Å²) < 4.78 is 34.4. The smallest absolute Gasteiger partial charge is 0.242 e. The Morgan fingerprint density at radius 3 is 2.24 bits per heavy atom. The van der Waals surface area contributed by atoms with Gasteiger partial charge in [0.15, 0.2) is 0 Å². The van der Waals surface area contributed by atoms with Crippen LogP contribution in [0.25, 0.3) is 0 Å². The molecular formula is C26H30N2O4S. The number of hydrogen-bond donors (Lipinski definition) is 2. The number of aryl methyl sites for hydroxylation is 2. The molecule has 0 saturated heterocycles. The molecule has 0 aromatic heterocycles. The molecule has 2 N–H and O–H groups in total. The zero-order chi connectivity index (χ0) is 23.8. The van der Waals surface area contributed by atoms with Crippen LogP contribution in [0.2, 0.25) is 0 Å². The van der Waals surface area contributed by atoms with Gasteiger partial charge in [-0.1, -0.05) is 49.4 Å². The third-order valence-electron chi connectivity index (χ3n) is 5.28. The zero-order valence-electron chi connectivity index (χ0n) is 19.2. The predicted molar refractivity (Wildman–Crippen MR) is 131 cm³/mol. The lowest BCUT2D eigenvalue weighted by atomic mass is 10.1. The quantitative estimate of drug-likeness (QED) is 0.461. The molecule has 0 fully saturated rings. The summed E-state index contributed by atoms with van der Waals surface area (Å²) in [5.74, 6) is 0.208. The second-order valence-corrected chi connectivity index (χ2v) is 9.48. The van der Waals surface area contributed by atoms with Gasteiger partial charge in [-0.25, -0.2) is 8.42 Å². The maximum absolute atomic E-state index is 13.2. The summed E-state index contributed by atoms with van der Waals surface area (Å²) in [6.07, 6.45) is 1.11. The molecule has 0 saturated carbocycles. The molecule has 3 aromatic carbocycles. The van der Waals surface area contributed by atoms with Crippen molar-refractivity contribution >= 4 is 21.6 Å². The number of hydrogen-bond acceptors (Lipinski definition) is 4. The number of ether oxygens (including phenoxy) is 1. The van der Waals surface area contributed by atoms with Crippen molar-refractivity contribution in [2.45, 2.75) is 44.6 Å². The van der Waals surface area contributed by atoms with E-state index in [0.717, 1.165) is 17.5 Å². The van der Waals surface area contributed by atoms with E-state index in [0.29, 0.717) is 23.6 Å². The predicted octanol–water partition coefficient (Wildman–Crippen LogP) is 4.48. The van der Waals surface area contributed by atoms with Crippen molar-refractivity contribution in [1.29, 1.82) is 0 Å². The van der Waals surface area contributed by atoms with Crippen LogP contribution in [0.5, 0.6) is 5.75 Å². The molecule has 33 heavy (non-hydrogen) atoms. The van der Waals surface area contributed by atoms with E-state index in [1.165, 1.54) is 6.07 Å². The van der Waals surface area contributed by atoms with Gasteiger partial charge in [-0.15, -0.1) is 0 Å². The van der Waals surface area contributed by atoms with Gasteiger partial charge >= 0.3 is 0 Å². The second-order valence-electron chi connectivity index (χ2n) is 7.76. The maximum atomic E-state index is 13.2. The standard InChI is InChI=1S/C26H30N2O4S/c1-4-20-11-13-22(14-12-20)27-26(29)24(18-21-9-7-6-8-10-21)28-33(30,31)23-15-16-25(32-5-2)19(3)17-23/h6-17,24,28H,4-5,18H2,1-3H3,(H,27,29)/t24-/m0/s1. The Labute approximate surface area is 196 Å². The molecule has 1 amide bonds. The van der Waals surface area contributed by atoms with E-state index in [2.05, 4.69) is 17.0 Å². The lowest BCUT2D eigenvalue weighted by Gasteiger charge is -2.19. The first-order valence-corrected chi connectivity index (χ1v) is 12.5. The van der Waals surface area contributed by atoms with Crippen molar-refractivity contribution < 1.29 is 17.9 Å². The van der Waals surface area contributed by atoms with E-state index in [-0.39, 0.29) is 11.3 Å². The number of carbonyl (C=O) groups is 1. The lowest BCUT2D eigenvalue weighted by Crippen LogP contribution is -2.45. The molecular weight excluding hydrogens is 436 g/mol. The van der Waals surface area contributed by atoms with Gasteiger partial charge in [-0.05, 0) is 73.7 Å². The highest BCUT2D eigenvalue weighted by atomic mass is 32.2. The van der Waals surface area contributed by atoms with E-state index in [9.17, 15) is 13.2 Å². The summed E-state index contributed by atoms with van der Waals surface area (Å²) in [6.45, 7) is 6.21. The molecule has 0 aliphatic heterocycles. The third kappa shape index (κ3) is 6.66. The number of anilines is 1. The summed E-state index contributed by atoms with van der Waals surface area (Å²) in [5, 5.41) is 2.84. The van der Waals surface area contributed by atoms with Crippen molar-refractivity contribution in [3.8, 4) is 5.75 Å². The molecule has 0 bridgehead atoms. The summed E-state index contributed by atoms with van der Waals surface area (Å²) in [5.41, 5.74) is 3.33. The Kier molecular flexibility index (Phi) is 8.25. The van der Waals surface area contributed by atoms with Gasteiger partial charge in [-0.2, -0.15) is 4.72 Å². The molecule has 7 heteroatoms. The fourth-order valence-corrected chi connectivity index (χ4v) is 4.73. The monoisotopic (exact) mass is 466 g/mol. The zero-order valence-corrected chi connectivity index (χ0v) is 20.0. The number of nitrogens with one attached hydrogen (secondary N) is 2. The summed E-state index contributed by atoms with van der Waals surface area (Å²) >= 11 is 0. The average Bonchev–Trinajstić information content (AvgIpc) is 2.81. The Balaban J connectivity index is 1.85. The molecule has 0 aliphatic carbocycles. The van der Waals surface area contributed by atoms with Gasteiger partial charge in [-0.3, -0.25) is 4.79 Å². The highest BCUT2D eigenvalue weighted by Crippen LogP contribution is 2.22. The largest absolute Gasteiger partial charge is 0.494 e. The Bertz CT molecular complexity index is 1180. The molecule has 1 atom stereocenters. The van der Waals surface area contributed by atoms with Crippen LogP contribution in [0, 0.1) is 6.92 Å². The van der Waals surface area contributed by atoms with E-state index >= 15 is 0 Å². The lowest BCUT2D eigenvalue weighted by molar-refractivity contribution is -0.117. The first-order chi connectivity index (χ1) is 15.8. The van der Waals surface area contributed by atoms with Crippen molar-refractivity contribution in [3.05, 3.63) is 89.5 Å². The molecule has 6 nitrogen and oxygen atoms in total. The fraction of sp³-hybridized carbons (Fsp3) is 0.269. The number of sulfonamides is 1. The molecule has 0 heterocycles. The van der Waals surface area contributed by atoms with E-state index in [4.69, 9.17) is 4.74 Å². The van der Waals surface area contributed by atoms with E-state index in [1.54, 1.807) is 19.1 Å². The number of rotatable bonds is 10. The van der Waals surface area contributed by atoms with Gasteiger partial charge in [0.25, 0.3) is 0 Å². The highest BCUT2D eigenvalue weighted by Gasteiger charge is 2.26. The van der Waals surface area contributed by atoms with Crippen molar-refractivity contribution in [2.75, 3.05) is 11.9 Å². The first-order valence-electron chi connectivity index (χ1n) is 11.0. The molecule has 0 aliphatic rings. The van der Waals surface area contributed by atoms with Crippen molar-refractivity contribution in [3.63, 3.8) is 0 Å². The minimum absolute atomic E-state index is 0.0848. The molecule has 3 aromatic rings. The van der Waals surface area contributed by atoms with E-state index < -0.39 is 22.0 Å². The van der Waals surface area contributed by atoms with Crippen LogP contribution >= 0.6 is 0 Å². The number of carbonyl (C=O) groups excluding carboxylic acids is 1.